The van der Waals surface area contributed by atoms with E-state index in [1.807, 2.05) is 37.3 Å². The Labute approximate surface area is 126 Å². The molecule has 4 nitrogen and oxygen atoms in total. The number of sulfone groups is 1. The van der Waals surface area contributed by atoms with Crippen LogP contribution in [0.1, 0.15) is 32.4 Å². The van der Waals surface area contributed by atoms with E-state index in [-0.39, 0.29) is 6.04 Å². The van der Waals surface area contributed by atoms with Gasteiger partial charge in [-0.3, -0.25) is 4.98 Å². The van der Waals surface area contributed by atoms with Crippen molar-refractivity contribution in [1.82, 2.24) is 10.3 Å². The van der Waals surface area contributed by atoms with Crippen molar-refractivity contribution in [3.05, 3.63) is 42.1 Å². The summed E-state index contributed by atoms with van der Waals surface area (Å²) in [5.41, 5.74) is 1.77. The monoisotopic (exact) mass is 306 g/mol. The van der Waals surface area contributed by atoms with Gasteiger partial charge in [-0.05, 0) is 32.0 Å². The van der Waals surface area contributed by atoms with Gasteiger partial charge < -0.3 is 5.32 Å². The standard InChI is InChI=1S/C16H22N2O2S/c1-5-17-15(16(2,3)21(4,19)20)13-10-6-8-12-9-7-11-18-14(12)13/h6-11,15,17H,5H2,1-4H3. The van der Waals surface area contributed by atoms with Gasteiger partial charge >= 0.3 is 0 Å². The molecule has 114 valence electrons. The lowest BCUT2D eigenvalue weighted by atomic mass is 9.93. The average Bonchev–Trinajstić information content (AvgIpc) is 2.43. The molecule has 2 aromatic rings. The Morgan fingerprint density at radius 1 is 1.24 bits per heavy atom. The molecule has 0 amide bonds. The van der Waals surface area contributed by atoms with Crippen molar-refractivity contribution >= 4 is 20.7 Å². The Balaban J connectivity index is 2.67. The van der Waals surface area contributed by atoms with Crippen LogP contribution in [-0.2, 0) is 9.84 Å². The number of nitrogens with one attached hydrogen (secondary N) is 1. The van der Waals surface area contributed by atoms with Gasteiger partial charge in [0.2, 0.25) is 0 Å². The minimum atomic E-state index is -3.23. The van der Waals surface area contributed by atoms with Crippen LogP contribution in [0.4, 0.5) is 0 Å². The summed E-state index contributed by atoms with van der Waals surface area (Å²) >= 11 is 0. The SMILES string of the molecule is CCNC(c1cccc2cccnc12)C(C)(C)S(C)(=O)=O. The van der Waals surface area contributed by atoms with E-state index in [1.54, 1.807) is 20.0 Å². The lowest BCUT2D eigenvalue weighted by Gasteiger charge is -2.34. The minimum absolute atomic E-state index is 0.309. The van der Waals surface area contributed by atoms with E-state index in [0.29, 0.717) is 6.54 Å². The lowest BCUT2D eigenvalue weighted by molar-refractivity contribution is 0.430. The van der Waals surface area contributed by atoms with E-state index in [9.17, 15) is 8.42 Å². The van der Waals surface area contributed by atoms with E-state index >= 15 is 0 Å². The van der Waals surface area contributed by atoms with Crippen LogP contribution in [0.2, 0.25) is 0 Å². The fraction of sp³-hybridized carbons (Fsp3) is 0.438. The molecule has 1 heterocycles. The van der Waals surface area contributed by atoms with Crippen molar-refractivity contribution in [1.29, 1.82) is 0 Å². The van der Waals surface area contributed by atoms with Crippen LogP contribution < -0.4 is 5.32 Å². The van der Waals surface area contributed by atoms with Gasteiger partial charge in [0, 0.05) is 17.8 Å². The molecule has 1 N–H and O–H groups in total. The molecule has 0 saturated heterocycles. The summed E-state index contributed by atoms with van der Waals surface area (Å²) in [5, 5.41) is 4.33. The molecule has 1 aromatic carbocycles. The summed E-state index contributed by atoms with van der Waals surface area (Å²) in [6, 6.07) is 9.45. The van der Waals surface area contributed by atoms with E-state index in [0.717, 1.165) is 16.5 Å². The Hall–Kier alpha value is -1.46. The second kappa shape index (κ2) is 5.73. The highest BCUT2D eigenvalue weighted by Gasteiger charge is 2.40. The largest absolute Gasteiger partial charge is 0.309 e. The van der Waals surface area contributed by atoms with Crippen molar-refractivity contribution in [2.75, 3.05) is 12.8 Å². The first kappa shape index (κ1) is 15.9. The maximum atomic E-state index is 12.2. The van der Waals surface area contributed by atoms with Crippen molar-refractivity contribution < 1.29 is 8.42 Å². The quantitative estimate of drug-likeness (QED) is 0.922. The molecule has 0 saturated carbocycles. The first-order valence-electron chi connectivity index (χ1n) is 7.05. The van der Waals surface area contributed by atoms with E-state index in [4.69, 9.17) is 0 Å². The van der Waals surface area contributed by atoms with Crippen LogP contribution in [0.5, 0.6) is 0 Å². The first-order valence-corrected chi connectivity index (χ1v) is 8.94. The number of fused-ring (bicyclic) bond motifs is 1. The molecule has 0 bridgehead atoms. The number of para-hydroxylation sites is 1. The van der Waals surface area contributed by atoms with Crippen LogP contribution >= 0.6 is 0 Å². The predicted octanol–water partition coefficient (Wildman–Crippen LogP) is 2.71. The summed E-state index contributed by atoms with van der Waals surface area (Å²) in [4.78, 5) is 4.45. The van der Waals surface area contributed by atoms with Crippen molar-refractivity contribution in [3.63, 3.8) is 0 Å². The molecule has 1 unspecified atom stereocenters. The van der Waals surface area contributed by atoms with Gasteiger partial charge in [-0.25, -0.2) is 8.42 Å². The third-order valence-corrected chi connectivity index (χ3v) is 6.18. The minimum Gasteiger partial charge on any atom is -0.309 e. The molecule has 1 aromatic heterocycles. The first-order chi connectivity index (χ1) is 9.79. The maximum absolute atomic E-state index is 12.2. The molecule has 21 heavy (non-hydrogen) atoms. The normalized spacial score (nSPS) is 14.3. The molecule has 0 spiro atoms. The van der Waals surface area contributed by atoms with Gasteiger partial charge in [0.05, 0.1) is 16.3 Å². The topological polar surface area (TPSA) is 59.1 Å². The van der Waals surface area contributed by atoms with Gasteiger partial charge in [-0.15, -0.1) is 0 Å². The van der Waals surface area contributed by atoms with E-state index in [2.05, 4.69) is 10.3 Å². The number of benzene rings is 1. The summed E-state index contributed by atoms with van der Waals surface area (Å²) in [6.07, 6.45) is 3.03. The number of hydrogen-bond acceptors (Lipinski definition) is 4. The fourth-order valence-corrected chi connectivity index (χ4v) is 3.15. The molecular formula is C16H22N2O2S. The zero-order valence-corrected chi connectivity index (χ0v) is 13.7. The highest BCUT2D eigenvalue weighted by atomic mass is 32.2. The number of pyridine rings is 1. The zero-order valence-electron chi connectivity index (χ0n) is 12.9. The number of rotatable bonds is 5. The van der Waals surface area contributed by atoms with Crippen LogP contribution in [0.3, 0.4) is 0 Å². The Morgan fingerprint density at radius 3 is 2.52 bits per heavy atom. The van der Waals surface area contributed by atoms with E-state index in [1.165, 1.54) is 6.26 Å². The average molecular weight is 306 g/mol. The molecule has 2 rings (SSSR count). The Kier molecular flexibility index (Phi) is 4.35. The predicted molar refractivity (Wildman–Crippen MR) is 87.1 cm³/mol. The molecule has 0 fully saturated rings. The van der Waals surface area contributed by atoms with Gasteiger partial charge in [-0.2, -0.15) is 0 Å². The van der Waals surface area contributed by atoms with E-state index < -0.39 is 14.6 Å². The summed E-state index contributed by atoms with van der Waals surface area (Å²) < 4.78 is 23.5. The van der Waals surface area contributed by atoms with Crippen LogP contribution in [-0.4, -0.2) is 30.9 Å². The molecule has 0 aliphatic carbocycles. The van der Waals surface area contributed by atoms with Gasteiger partial charge in [0.25, 0.3) is 0 Å². The molecule has 1 atom stereocenters. The highest BCUT2D eigenvalue weighted by molar-refractivity contribution is 7.92. The van der Waals surface area contributed by atoms with Crippen molar-refractivity contribution in [2.45, 2.75) is 31.6 Å². The second-order valence-electron chi connectivity index (χ2n) is 5.79. The van der Waals surface area contributed by atoms with Crippen molar-refractivity contribution in [3.8, 4) is 0 Å². The molecule has 0 aliphatic rings. The van der Waals surface area contributed by atoms with Gasteiger partial charge in [0.15, 0.2) is 9.84 Å². The summed E-state index contributed by atoms with van der Waals surface area (Å²) in [6.45, 7) is 6.19. The molecular weight excluding hydrogens is 284 g/mol. The zero-order chi connectivity index (χ0) is 15.7. The lowest BCUT2D eigenvalue weighted by Crippen LogP contribution is -2.45. The summed E-state index contributed by atoms with van der Waals surface area (Å²) in [7, 11) is -3.23. The third-order valence-electron chi connectivity index (χ3n) is 4.03. The van der Waals surface area contributed by atoms with Crippen LogP contribution in [0, 0.1) is 0 Å². The number of nitrogens with zero attached hydrogens (tertiary/aromatic N) is 1. The number of aromatic nitrogens is 1. The van der Waals surface area contributed by atoms with Gasteiger partial charge in [0.1, 0.15) is 0 Å². The molecule has 0 aliphatic heterocycles. The smallest absolute Gasteiger partial charge is 0.154 e. The van der Waals surface area contributed by atoms with Gasteiger partial charge in [-0.1, -0.05) is 31.2 Å². The third kappa shape index (κ3) is 2.94. The highest BCUT2D eigenvalue weighted by Crippen LogP contribution is 2.35. The van der Waals surface area contributed by atoms with Crippen LogP contribution in [0.15, 0.2) is 36.5 Å². The van der Waals surface area contributed by atoms with Crippen molar-refractivity contribution in [2.24, 2.45) is 0 Å². The van der Waals surface area contributed by atoms with Crippen LogP contribution in [0.25, 0.3) is 10.9 Å². The molecule has 0 radical (unpaired) electrons. The number of hydrogen-bond donors (Lipinski definition) is 1. The fourth-order valence-electron chi connectivity index (χ4n) is 2.51. The second-order valence-corrected chi connectivity index (χ2v) is 8.39. The Bertz CT molecular complexity index is 734. The maximum Gasteiger partial charge on any atom is 0.154 e. The Morgan fingerprint density at radius 2 is 1.90 bits per heavy atom. The summed E-state index contributed by atoms with van der Waals surface area (Å²) in [5.74, 6) is 0. The molecule has 5 heteroatoms.